The smallest absolute Gasteiger partial charge is 0.256 e. The molecule has 2 aromatic carbocycles. The van der Waals surface area contributed by atoms with Gasteiger partial charge in [-0.25, -0.2) is 4.39 Å². The number of carbonyl (C=O) groups excluding carboxylic acids is 2. The summed E-state index contributed by atoms with van der Waals surface area (Å²) in [7, 11) is 0. The second kappa shape index (κ2) is 7.85. The molecule has 164 valence electrons. The highest BCUT2D eigenvalue weighted by Crippen LogP contribution is 2.65. The Kier molecular flexibility index (Phi) is 5.13. The van der Waals surface area contributed by atoms with Crippen molar-refractivity contribution in [2.75, 3.05) is 0 Å². The maximum absolute atomic E-state index is 14.8. The third kappa shape index (κ3) is 3.34. The van der Waals surface area contributed by atoms with E-state index in [9.17, 15) is 14.0 Å². The monoisotopic (exact) mass is 448 g/mol. The molecule has 4 nitrogen and oxygen atoms in total. The molecule has 0 aliphatic heterocycles. The lowest BCUT2D eigenvalue weighted by Crippen LogP contribution is -2.53. The number of benzene rings is 2. The summed E-state index contributed by atoms with van der Waals surface area (Å²) in [5, 5.41) is 3.65. The van der Waals surface area contributed by atoms with Gasteiger partial charge in [-0.1, -0.05) is 36.4 Å². The van der Waals surface area contributed by atoms with Crippen molar-refractivity contribution < 1.29 is 14.0 Å². The number of nitrogens with zero attached hydrogens (tertiary/aromatic N) is 1. The number of primary amides is 1. The summed E-state index contributed by atoms with van der Waals surface area (Å²) in [6.07, 6.45) is 2.36. The van der Waals surface area contributed by atoms with Gasteiger partial charge in [-0.2, -0.15) is 11.3 Å². The maximum atomic E-state index is 14.8. The summed E-state index contributed by atoms with van der Waals surface area (Å²) in [5.41, 5.74) is 9.20. The first-order valence-electron chi connectivity index (χ1n) is 10.9. The standard InChI is InChI=1S/C26H25FN2O2S/c1-16-11-21-20(22(27)12-16)13-19-14-26(19,21)29(25(31)18-9-10-32-15-18)23(24(28)30)8-7-17-5-3-2-4-6-17/h2-6,9-12,15,19,23H,7-8,13-14H2,1H3,(H2,28,30)/t19-,23+,26?/m0/s1. The van der Waals surface area contributed by atoms with Crippen LogP contribution in [0.4, 0.5) is 4.39 Å². The van der Waals surface area contributed by atoms with E-state index >= 15 is 0 Å². The van der Waals surface area contributed by atoms with E-state index in [1.54, 1.807) is 22.4 Å². The van der Waals surface area contributed by atoms with Gasteiger partial charge in [0.15, 0.2) is 0 Å². The number of fused-ring (bicyclic) bond motifs is 3. The molecule has 5 rings (SSSR count). The summed E-state index contributed by atoms with van der Waals surface area (Å²) in [4.78, 5) is 28.3. The summed E-state index contributed by atoms with van der Waals surface area (Å²) in [5.74, 6) is -0.851. The van der Waals surface area contributed by atoms with E-state index in [0.29, 0.717) is 30.4 Å². The van der Waals surface area contributed by atoms with Crippen LogP contribution in [0.5, 0.6) is 0 Å². The number of amides is 2. The second-order valence-corrected chi connectivity index (χ2v) is 9.71. The van der Waals surface area contributed by atoms with Crippen LogP contribution in [0.3, 0.4) is 0 Å². The van der Waals surface area contributed by atoms with E-state index in [-0.39, 0.29) is 17.6 Å². The van der Waals surface area contributed by atoms with Gasteiger partial charge in [-0.05, 0) is 78.3 Å². The normalized spacial score (nSPS) is 21.5. The summed E-state index contributed by atoms with van der Waals surface area (Å²) in [6, 6.07) is 14.4. The molecule has 2 aliphatic carbocycles. The number of carbonyl (C=O) groups is 2. The summed E-state index contributed by atoms with van der Waals surface area (Å²) in [6.45, 7) is 1.86. The molecule has 2 amide bonds. The molecule has 1 saturated carbocycles. The van der Waals surface area contributed by atoms with Gasteiger partial charge in [0.1, 0.15) is 11.9 Å². The van der Waals surface area contributed by atoms with Crippen molar-refractivity contribution in [1.29, 1.82) is 0 Å². The van der Waals surface area contributed by atoms with Crippen molar-refractivity contribution in [3.05, 3.63) is 92.9 Å². The third-order valence-electron chi connectivity index (χ3n) is 6.94. The Morgan fingerprint density at radius 3 is 2.72 bits per heavy atom. The van der Waals surface area contributed by atoms with Gasteiger partial charge < -0.3 is 10.6 Å². The van der Waals surface area contributed by atoms with Gasteiger partial charge in [-0.3, -0.25) is 9.59 Å². The lowest BCUT2D eigenvalue weighted by Gasteiger charge is -2.38. The Morgan fingerprint density at radius 2 is 2.03 bits per heavy atom. The van der Waals surface area contributed by atoms with Crippen LogP contribution in [-0.2, 0) is 23.2 Å². The highest BCUT2D eigenvalue weighted by atomic mass is 32.1. The molecule has 0 radical (unpaired) electrons. The molecule has 3 atom stereocenters. The van der Waals surface area contributed by atoms with Crippen LogP contribution < -0.4 is 5.73 Å². The van der Waals surface area contributed by atoms with E-state index < -0.39 is 17.5 Å². The topological polar surface area (TPSA) is 63.4 Å². The molecule has 1 aromatic heterocycles. The average Bonchev–Trinajstić information content (AvgIpc) is 3.11. The molecule has 0 bridgehead atoms. The van der Waals surface area contributed by atoms with Crippen LogP contribution in [0.25, 0.3) is 0 Å². The SMILES string of the molecule is Cc1cc(F)c2c(c1)C1(N(C(=O)c3ccsc3)[C@H](CCc3ccccc3)C(N)=O)C[C@@H]1C2. The van der Waals surface area contributed by atoms with Crippen LogP contribution in [0.2, 0.25) is 0 Å². The molecular weight excluding hydrogens is 423 g/mol. The number of rotatable bonds is 7. The van der Waals surface area contributed by atoms with Crippen LogP contribution >= 0.6 is 11.3 Å². The van der Waals surface area contributed by atoms with Crippen molar-refractivity contribution >= 4 is 23.2 Å². The van der Waals surface area contributed by atoms with E-state index in [1.807, 2.05) is 48.7 Å². The van der Waals surface area contributed by atoms with Gasteiger partial charge >= 0.3 is 0 Å². The molecule has 32 heavy (non-hydrogen) atoms. The first-order chi connectivity index (χ1) is 15.4. The second-order valence-electron chi connectivity index (χ2n) is 8.93. The number of aryl methyl sites for hydroxylation is 2. The minimum Gasteiger partial charge on any atom is -0.368 e. The maximum Gasteiger partial charge on any atom is 0.256 e. The highest BCUT2D eigenvalue weighted by Gasteiger charge is 2.67. The number of thiophene rings is 1. The zero-order valence-electron chi connectivity index (χ0n) is 17.9. The molecule has 1 heterocycles. The van der Waals surface area contributed by atoms with Gasteiger partial charge in [0.05, 0.1) is 11.1 Å². The van der Waals surface area contributed by atoms with Crippen molar-refractivity contribution in [3.8, 4) is 0 Å². The lowest BCUT2D eigenvalue weighted by atomic mass is 9.94. The Bertz CT molecular complexity index is 1180. The van der Waals surface area contributed by atoms with Crippen molar-refractivity contribution in [3.63, 3.8) is 0 Å². The van der Waals surface area contributed by atoms with E-state index in [1.165, 1.54) is 11.3 Å². The molecule has 1 fully saturated rings. The molecule has 2 aliphatic rings. The van der Waals surface area contributed by atoms with E-state index in [4.69, 9.17) is 5.73 Å². The molecule has 2 N–H and O–H groups in total. The van der Waals surface area contributed by atoms with Crippen LogP contribution in [-0.4, -0.2) is 22.8 Å². The molecule has 0 spiro atoms. The first-order valence-corrected chi connectivity index (χ1v) is 11.8. The van der Waals surface area contributed by atoms with Crippen molar-refractivity contribution in [2.45, 2.75) is 44.2 Å². The zero-order chi connectivity index (χ0) is 22.5. The number of hydrogen-bond donors (Lipinski definition) is 1. The Labute approximate surface area is 190 Å². The average molecular weight is 449 g/mol. The van der Waals surface area contributed by atoms with Crippen molar-refractivity contribution in [2.24, 2.45) is 11.7 Å². The number of hydrogen-bond acceptors (Lipinski definition) is 3. The fourth-order valence-corrected chi connectivity index (χ4v) is 6.03. The molecule has 6 heteroatoms. The Balaban J connectivity index is 1.58. The molecule has 1 unspecified atom stereocenters. The predicted molar refractivity (Wildman–Crippen MR) is 123 cm³/mol. The molecule has 3 aromatic rings. The van der Waals surface area contributed by atoms with Crippen molar-refractivity contribution in [1.82, 2.24) is 4.90 Å². The number of nitrogens with two attached hydrogens (primary N) is 1. The largest absolute Gasteiger partial charge is 0.368 e. The predicted octanol–water partition coefficient (Wildman–Crippen LogP) is 4.60. The Hall–Kier alpha value is -2.99. The summed E-state index contributed by atoms with van der Waals surface area (Å²) < 4.78 is 14.8. The lowest BCUT2D eigenvalue weighted by molar-refractivity contribution is -0.123. The van der Waals surface area contributed by atoms with Crippen LogP contribution in [0, 0.1) is 18.7 Å². The zero-order valence-corrected chi connectivity index (χ0v) is 18.7. The van der Waals surface area contributed by atoms with Gasteiger partial charge in [0, 0.05) is 5.38 Å². The Morgan fingerprint density at radius 1 is 1.25 bits per heavy atom. The minimum atomic E-state index is -0.776. The highest BCUT2D eigenvalue weighted by molar-refractivity contribution is 7.08. The molecule has 0 saturated heterocycles. The fourth-order valence-electron chi connectivity index (χ4n) is 5.40. The van der Waals surface area contributed by atoms with Gasteiger partial charge in [0.2, 0.25) is 5.91 Å². The third-order valence-corrected chi connectivity index (χ3v) is 7.62. The van der Waals surface area contributed by atoms with Gasteiger partial charge in [0.25, 0.3) is 5.91 Å². The fraction of sp³-hybridized carbons (Fsp3) is 0.308. The quantitative estimate of drug-likeness (QED) is 0.574. The van der Waals surface area contributed by atoms with Crippen LogP contribution in [0.1, 0.15) is 45.5 Å². The van der Waals surface area contributed by atoms with Gasteiger partial charge in [-0.15, -0.1) is 0 Å². The molecular formula is C26H25FN2O2S. The minimum absolute atomic E-state index is 0.106. The van der Waals surface area contributed by atoms with Crippen LogP contribution in [0.15, 0.2) is 59.3 Å². The number of halogens is 1. The van der Waals surface area contributed by atoms with E-state index in [2.05, 4.69) is 0 Å². The first kappa shape index (κ1) is 20.9. The van der Waals surface area contributed by atoms with E-state index in [0.717, 1.165) is 23.1 Å². The summed E-state index contributed by atoms with van der Waals surface area (Å²) >= 11 is 1.44.